The summed E-state index contributed by atoms with van der Waals surface area (Å²) >= 11 is 1.14. The standard InChI is InChI=1S/C14H15N3O3S/c1-17(2)10-5-3-9(4-6-10)7-11-13(20)16-14(21-11)15-8-12(18)19/h3-7H,8H2,1-2H3,(H,18,19)(H,15,16,20). The van der Waals surface area contributed by atoms with Gasteiger partial charge in [-0.15, -0.1) is 0 Å². The van der Waals surface area contributed by atoms with Gasteiger partial charge in [0.1, 0.15) is 6.54 Å². The molecule has 0 aliphatic carbocycles. The van der Waals surface area contributed by atoms with E-state index in [9.17, 15) is 9.59 Å². The van der Waals surface area contributed by atoms with Gasteiger partial charge in [0.25, 0.3) is 5.91 Å². The molecule has 1 heterocycles. The molecule has 0 saturated carbocycles. The summed E-state index contributed by atoms with van der Waals surface area (Å²) in [5.41, 5.74) is 1.97. The van der Waals surface area contributed by atoms with Gasteiger partial charge in [-0.25, -0.2) is 0 Å². The predicted octanol–water partition coefficient (Wildman–Crippen LogP) is 1.40. The molecule has 1 saturated heterocycles. The maximum Gasteiger partial charge on any atom is 0.325 e. The van der Waals surface area contributed by atoms with Gasteiger partial charge in [0, 0.05) is 19.8 Å². The molecule has 7 heteroatoms. The van der Waals surface area contributed by atoms with Crippen molar-refractivity contribution in [2.45, 2.75) is 0 Å². The Hall–Kier alpha value is -2.28. The number of anilines is 1. The average Bonchev–Trinajstić information content (AvgIpc) is 2.78. The number of hydrogen-bond acceptors (Lipinski definition) is 5. The smallest absolute Gasteiger partial charge is 0.325 e. The molecule has 0 atom stereocenters. The highest BCUT2D eigenvalue weighted by molar-refractivity contribution is 8.18. The minimum absolute atomic E-state index is 0.263. The van der Waals surface area contributed by atoms with Crippen LogP contribution in [0.25, 0.3) is 6.08 Å². The molecule has 0 spiro atoms. The Bertz CT molecular complexity index is 621. The van der Waals surface area contributed by atoms with Crippen molar-refractivity contribution in [3.05, 3.63) is 34.7 Å². The van der Waals surface area contributed by atoms with Crippen molar-refractivity contribution in [2.75, 3.05) is 25.5 Å². The summed E-state index contributed by atoms with van der Waals surface area (Å²) in [5, 5.41) is 11.4. The van der Waals surface area contributed by atoms with E-state index in [-0.39, 0.29) is 12.5 Å². The minimum Gasteiger partial charge on any atom is -0.480 e. The number of amidine groups is 1. The van der Waals surface area contributed by atoms with Crippen LogP contribution in [0.2, 0.25) is 0 Å². The lowest BCUT2D eigenvalue weighted by Crippen LogP contribution is -2.20. The zero-order valence-electron chi connectivity index (χ0n) is 11.7. The van der Waals surface area contributed by atoms with Crippen LogP contribution < -0.4 is 10.2 Å². The number of carboxylic acid groups (broad SMARTS) is 1. The fourth-order valence-electron chi connectivity index (χ4n) is 1.66. The monoisotopic (exact) mass is 305 g/mol. The highest BCUT2D eigenvalue weighted by atomic mass is 32.2. The Morgan fingerprint density at radius 1 is 1.38 bits per heavy atom. The van der Waals surface area contributed by atoms with E-state index >= 15 is 0 Å². The van der Waals surface area contributed by atoms with E-state index in [4.69, 9.17) is 5.11 Å². The number of carboxylic acids is 1. The van der Waals surface area contributed by atoms with E-state index < -0.39 is 5.97 Å². The molecule has 21 heavy (non-hydrogen) atoms. The molecular formula is C14H15N3O3S. The summed E-state index contributed by atoms with van der Waals surface area (Å²) in [7, 11) is 3.91. The molecule has 0 radical (unpaired) electrons. The van der Waals surface area contributed by atoms with Crippen molar-refractivity contribution in [3.63, 3.8) is 0 Å². The molecule has 0 unspecified atom stereocenters. The number of thioether (sulfide) groups is 1. The fourth-order valence-corrected chi connectivity index (χ4v) is 2.48. The van der Waals surface area contributed by atoms with Crippen LogP contribution in [0.3, 0.4) is 0 Å². The molecule has 1 fully saturated rings. The zero-order chi connectivity index (χ0) is 15.4. The summed E-state index contributed by atoms with van der Waals surface area (Å²) in [4.78, 5) is 28.5. The van der Waals surface area contributed by atoms with Gasteiger partial charge in [-0.05, 0) is 35.5 Å². The highest BCUT2D eigenvalue weighted by Crippen LogP contribution is 2.26. The van der Waals surface area contributed by atoms with Crippen LogP contribution in [0.1, 0.15) is 5.56 Å². The third kappa shape index (κ3) is 4.09. The fraction of sp³-hybridized carbons (Fsp3) is 0.214. The van der Waals surface area contributed by atoms with E-state index in [1.807, 2.05) is 43.3 Å². The van der Waals surface area contributed by atoms with Crippen molar-refractivity contribution in [2.24, 2.45) is 4.99 Å². The second kappa shape index (κ2) is 6.45. The van der Waals surface area contributed by atoms with Crippen molar-refractivity contribution in [1.29, 1.82) is 0 Å². The van der Waals surface area contributed by atoms with Crippen molar-refractivity contribution >= 4 is 40.6 Å². The minimum atomic E-state index is -1.03. The summed E-state index contributed by atoms with van der Waals surface area (Å²) in [6, 6.07) is 7.76. The first-order chi connectivity index (χ1) is 9.95. The predicted molar refractivity (Wildman–Crippen MR) is 84.4 cm³/mol. The SMILES string of the molecule is CN(C)c1ccc(C=C2SC(=NCC(=O)O)NC2=O)cc1. The van der Waals surface area contributed by atoms with Crippen LogP contribution in [0.15, 0.2) is 34.2 Å². The van der Waals surface area contributed by atoms with Crippen molar-refractivity contribution < 1.29 is 14.7 Å². The number of nitrogens with zero attached hydrogens (tertiary/aromatic N) is 2. The molecule has 0 bridgehead atoms. The van der Waals surface area contributed by atoms with E-state index in [0.717, 1.165) is 23.0 Å². The maximum absolute atomic E-state index is 11.8. The Kier molecular flexibility index (Phi) is 4.64. The van der Waals surface area contributed by atoms with Crippen molar-refractivity contribution in [1.82, 2.24) is 5.32 Å². The van der Waals surface area contributed by atoms with Crippen LogP contribution in [-0.4, -0.2) is 42.8 Å². The second-order valence-corrected chi connectivity index (χ2v) is 5.60. The first-order valence-corrected chi connectivity index (χ1v) is 7.02. The summed E-state index contributed by atoms with van der Waals surface area (Å²) in [5.74, 6) is -1.30. The summed E-state index contributed by atoms with van der Waals surface area (Å²) in [6.07, 6.45) is 1.75. The molecule has 2 N–H and O–H groups in total. The maximum atomic E-state index is 11.8. The van der Waals surface area contributed by atoms with Gasteiger partial charge < -0.3 is 15.3 Å². The molecule has 110 valence electrons. The zero-order valence-corrected chi connectivity index (χ0v) is 12.5. The Morgan fingerprint density at radius 3 is 2.62 bits per heavy atom. The molecule has 1 aliphatic rings. The third-order valence-corrected chi connectivity index (χ3v) is 3.66. The molecule has 1 amide bonds. The lowest BCUT2D eigenvalue weighted by atomic mass is 10.2. The molecule has 1 aliphatic heterocycles. The molecular weight excluding hydrogens is 290 g/mol. The first kappa shape index (κ1) is 15.1. The number of rotatable bonds is 4. The van der Waals surface area contributed by atoms with Gasteiger partial charge >= 0.3 is 5.97 Å². The highest BCUT2D eigenvalue weighted by Gasteiger charge is 2.23. The molecule has 1 aromatic rings. The lowest BCUT2D eigenvalue weighted by molar-refractivity contribution is -0.135. The number of aliphatic imine (C=N–C) groups is 1. The number of nitrogens with one attached hydrogen (secondary N) is 1. The molecule has 0 aromatic heterocycles. The average molecular weight is 305 g/mol. The number of carbonyl (C=O) groups excluding carboxylic acids is 1. The van der Waals surface area contributed by atoms with E-state index in [1.165, 1.54) is 0 Å². The quantitative estimate of drug-likeness (QED) is 0.822. The number of carbonyl (C=O) groups is 2. The number of hydrogen-bond donors (Lipinski definition) is 2. The van der Waals surface area contributed by atoms with Crippen LogP contribution in [0, 0.1) is 0 Å². The Morgan fingerprint density at radius 2 is 2.05 bits per heavy atom. The first-order valence-electron chi connectivity index (χ1n) is 6.20. The largest absolute Gasteiger partial charge is 0.480 e. The Labute approximate surface area is 126 Å². The van der Waals surface area contributed by atoms with Gasteiger partial charge in [-0.1, -0.05) is 12.1 Å². The van der Waals surface area contributed by atoms with Crippen molar-refractivity contribution in [3.8, 4) is 0 Å². The lowest BCUT2D eigenvalue weighted by Gasteiger charge is -2.11. The van der Waals surface area contributed by atoms with Gasteiger partial charge in [0.15, 0.2) is 5.17 Å². The van der Waals surface area contributed by atoms with E-state index in [1.54, 1.807) is 6.08 Å². The third-order valence-electron chi connectivity index (χ3n) is 2.72. The summed E-state index contributed by atoms with van der Waals surface area (Å²) < 4.78 is 0. The number of benzene rings is 1. The van der Waals surface area contributed by atoms with E-state index in [0.29, 0.717) is 10.1 Å². The van der Waals surface area contributed by atoms with Crippen LogP contribution in [0.4, 0.5) is 5.69 Å². The van der Waals surface area contributed by atoms with Crippen LogP contribution in [0.5, 0.6) is 0 Å². The summed E-state index contributed by atoms with van der Waals surface area (Å²) in [6.45, 7) is -0.354. The van der Waals surface area contributed by atoms with Gasteiger partial charge in [0.2, 0.25) is 0 Å². The number of amides is 1. The van der Waals surface area contributed by atoms with Gasteiger partial charge in [-0.3, -0.25) is 14.6 Å². The van der Waals surface area contributed by atoms with E-state index in [2.05, 4.69) is 10.3 Å². The second-order valence-electron chi connectivity index (χ2n) is 4.57. The van der Waals surface area contributed by atoms with Gasteiger partial charge in [0.05, 0.1) is 4.91 Å². The molecule has 1 aromatic carbocycles. The normalized spacial score (nSPS) is 18.1. The topological polar surface area (TPSA) is 82.0 Å². The van der Waals surface area contributed by atoms with Crippen LogP contribution in [-0.2, 0) is 9.59 Å². The molecule has 6 nitrogen and oxygen atoms in total. The van der Waals surface area contributed by atoms with Crippen LogP contribution >= 0.6 is 11.8 Å². The number of aliphatic carboxylic acids is 1. The Balaban J connectivity index is 2.12. The molecule has 2 rings (SSSR count). The van der Waals surface area contributed by atoms with Gasteiger partial charge in [-0.2, -0.15) is 0 Å².